The highest BCUT2D eigenvalue weighted by Crippen LogP contribution is 2.27. The number of hydrogen-bond acceptors (Lipinski definition) is 4. The van der Waals surface area contributed by atoms with Crippen molar-refractivity contribution in [1.29, 1.82) is 0 Å². The summed E-state index contributed by atoms with van der Waals surface area (Å²) in [4.78, 5) is 16.9. The van der Waals surface area contributed by atoms with E-state index in [4.69, 9.17) is 4.42 Å². The number of unbranched alkanes of at least 4 members (excludes halogenated alkanes) is 2. The number of thioether (sulfide) groups is 1. The fraction of sp³-hybridized carbons (Fsp3) is 0.300. The van der Waals surface area contributed by atoms with Crippen molar-refractivity contribution in [3.05, 3.63) is 59.7 Å². The van der Waals surface area contributed by atoms with E-state index in [1.165, 1.54) is 11.8 Å². The van der Waals surface area contributed by atoms with Crippen LogP contribution < -0.4 is 5.32 Å². The summed E-state index contributed by atoms with van der Waals surface area (Å²) in [5.41, 5.74) is 3.35. The Morgan fingerprint density at radius 2 is 1.92 bits per heavy atom. The van der Waals surface area contributed by atoms with Gasteiger partial charge >= 0.3 is 0 Å². The van der Waals surface area contributed by atoms with Gasteiger partial charge in [0.1, 0.15) is 5.52 Å². The Hall–Kier alpha value is -2.27. The second-order valence-corrected chi connectivity index (χ2v) is 6.78. The number of oxazole rings is 1. The molecule has 1 heterocycles. The van der Waals surface area contributed by atoms with Gasteiger partial charge in [-0.2, -0.15) is 0 Å². The lowest BCUT2D eigenvalue weighted by atomic mass is 10.1. The molecule has 0 saturated carbocycles. The Bertz CT molecular complexity index is 811. The topological polar surface area (TPSA) is 55.1 Å². The molecular formula is C20H22N2O2S. The zero-order chi connectivity index (χ0) is 17.5. The van der Waals surface area contributed by atoms with Crippen LogP contribution in [0.15, 0.2) is 58.2 Å². The molecule has 0 fully saturated rings. The van der Waals surface area contributed by atoms with Gasteiger partial charge in [-0.3, -0.25) is 4.79 Å². The Labute approximate surface area is 152 Å². The molecule has 5 heteroatoms. The second-order valence-electron chi connectivity index (χ2n) is 5.86. The maximum Gasteiger partial charge on any atom is 0.257 e. The molecule has 3 aromatic rings. The van der Waals surface area contributed by atoms with E-state index < -0.39 is 0 Å². The molecule has 0 aliphatic carbocycles. The van der Waals surface area contributed by atoms with E-state index >= 15 is 0 Å². The number of nitrogens with one attached hydrogen (secondary N) is 1. The standard InChI is InChI=1S/C20H22N2O2S/c1-2-3-8-13-21-19(23)16-10-5-4-9-15(16)14-25-20-22-17-11-6-7-12-18(17)24-20/h4-7,9-12H,2-3,8,13-14H2,1H3,(H,21,23). The molecule has 0 aliphatic rings. The van der Waals surface area contributed by atoms with Gasteiger partial charge in [-0.05, 0) is 30.2 Å². The highest BCUT2D eigenvalue weighted by atomic mass is 32.2. The second kappa shape index (κ2) is 8.72. The number of carbonyl (C=O) groups excluding carboxylic acids is 1. The highest BCUT2D eigenvalue weighted by molar-refractivity contribution is 7.98. The monoisotopic (exact) mass is 354 g/mol. The van der Waals surface area contributed by atoms with Crippen molar-refractivity contribution in [2.24, 2.45) is 0 Å². The number of benzene rings is 2. The lowest BCUT2D eigenvalue weighted by molar-refractivity contribution is 0.0952. The SMILES string of the molecule is CCCCCNC(=O)c1ccccc1CSc1nc2ccccc2o1. The summed E-state index contributed by atoms with van der Waals surface area (Å²) in [6.45, 7) is 2.87. The summed E-state index contributed by atoms with van der Waals surface area (Å²) in [6, 6.07) is 15.4. The van der Waals surface area contributed by atoms with Crippen molar-refractivity contribution in [1.82, 2.24) is 10.3 Å². The number of nitrogens with zero attached hydrogens (tertiary/aromatic N) is 1. The fourth-order valence-corrected chi connectivity index (χ4v) is 3.43. The first-order valence-corrected chi connectivity index (χ1v) is 9.61. The Kier molecular flexibility index (Phi) is 6.12. The van der Waals surface area contributed by atoms with Crippen molar-refractivity contribution >= 4 is 28.8 Å². The first-order chi connectivity index (χ1) is 12.3. The van der Waals surface area contributed by atoms with E-state index in [1.54, 1.807) is 0 Å². The minimum absolute atomic E-state index is 0.00938. The predicted octanol–water partition coefficient (Wildman–Crippen LogP) is 5.04. The molecule has 0 bridgehead atoms. The third kappa shape index (κ3) is 4.63. The Balaban J connectivity index is 1.65. The first-order valence-electron chi connectivity index (χ1n) is 8.62. The zero-order valence-corrected chi connectivity index (χ0v) is 15.1. The van der Waals surface area contributed by atoms with E-state index in [0.717, 1.165) is 48.0 Å². The van der Waals surface area contributed by atoms with Crippen molar-refractivity contribution in [2.45, 2.75) is 37.2 Å². The summed E-state index contributed by atoms with van der Waals surface area (Å²) < 4.78 is 5.73. The van der Waals surface area contributed by atoms with E-state index in [-0.39, 0.29) is 5.91 Å². The number of aromatic nitrogens is 1. The van der Waals surface area contributed by atoms with E-state index in [0.29, 0.717) is 11.0 Å². The number of amides is 1. The maximum atomic E-state index is 12.4. The van der Waals surface area contributed by atoms with Crippen molar-refractivity contribution in [3.8, 4) is 0 Å². The summed E-state index contributed by atoms with van der Waals surface area (Å²) in [6.07, 6.45) is 3.30. The van der Waals surface area contributed by atoms with Gasteiger partial charge in [-0.1, -0.05) is 61.9 Å². The highest BCUT2D eigenvalue weighted by Gasteiger charge is 2.12. The predicted molar refractivity (Wildman–Crippen MR) is 102 cm³/mol. The van der Waals surface area contributed by atoms with E-state index in [2.05, 4.69) is 17.2 Å². The summed E-state index contributed by atoms with van der Waals surface area (Å²) in [5.74, 6) is 0.635. The molecule has 1 aromatic heterocycles. The minimum Gasteiger partial charge on any atom is -0.431 e. The third-order valence-electron chi connectivity index (χ3n) is 3.95. The normalized spacial score (nSPS) is 10.9. The molecule has 0 atom stereocenters. The quantitative estimate of drug-likeness (QED) is 0.455. The van der Waals surface area contributed by atoms with Crippen LogP contribution in [0.3, 0.4) is 0 Å². The van der Waals surface area contributed by atoms with Gasteiger partial charge in [-0.25, -0.2) is 4.98 Å². The van der Waals surface area contributed by atoms with E-state index in [1.807, 2.05) is 48.5 Å². The molecule has 0 radical (unpaired) electrons. The average molecular weight is 354 g/mol. The van der Waals surface area contributed by atoms with Crippen LogP contribution in [0.2, 0.25) is 0 Å². The molecule has 4 nitrogen and oxygen atoms in total. The first kappa shape index (κ1) is 17.5. The third-order valence-corrected chi connectivity index (χ3v) is 4.83. The smallest absolute Gasteiger partial charge is 0.257 e. The van der Waals surface area contributed by atoms with Crippen LogP contribution in [-0.2, 0) is 5.75 Å². The zero-order valence-electron chi connectivity index (χ0n) is 14.3. The molecule has 1 amide bonds. The number of para-hydroxylation sites is 2. The molecule has 130 valence electrons. The van der Waals surface area contributed by atoms with Crippen molar-refractivity contribution in [3.63, 3.8) is 0 Å². The van der Waals surface area contributed by atoms with Gasteiger partial charge in [0.15, 0.2) is 5.58 Å². The number of carbonyl (C=O) groups is 1. The molecule has 25 heavy (non-hydrogen) atoms. The maximum absolute atomic E-state index is 12.4. The number of hydrogen-bond donors (Lipinski definition) is 1. The Morgan fingerprint density at radius 1 is 1.12 bits per heavy atom. The Morgan fingerprint density at radius 3 is 2.76 bits per heavy atom. The van der Waals surface area contributed by atoms with E-state index in [9.17, 15) is 4.79 Å². The van der Waals surface area contributed by atoms with Gasteiger partial charge in [0.05, 0.1) is 0 Å². The summed E-state index contributed by atoms with van der Waals surface area (Å²) >= 11 is 1.51. The lowest BCUT2D eigenvalue weighted by Crippen LogP contribution is -2.25. The largest absolute Gasteiger partial charge is 0.431 e. The average Bonchev–Trinajstić information content (AvgIpc) is 3.06. The van der Waals surface area contributed by atoms with Gasteiger partial charge in [0.2, 0.25) is 0 Å². The van der Waals surface area contributed by atoms with Crippen LogP contribution in [-0.4, -0.2) is 17.4 Å². The molecule has 3 rings (SSSR count). The van der Waals surface area contributed by atoms with Crippen LogP contribution >= 0.6 is 11.8 Å². The van der Waals surface area contributed by atoms with Crippen LogP contribution in [0, 0.1) is 0 Å². The van der Waals surface area contributed by atoms with Gasteiger partial charge < -0.3 is 9.73 Å². The fourth-order valence-electron chi connectivity index (χ4n) is 2.59. The molecule has 0 spiro atoms. The molecule has 2 aromatic carbocycles. The molecule has 0 aliphatic heterocycles. The molecular weight excluding hydrogens is 332 g/mol. The van der Waals surface area contributed by atoms with Crippen molar-refractivity contribution < 1.29 is 9.21 Å². The molecule has 0 saturated heterocycles. The lowest BCUT2D eigenvalue weighted by Gasteiger charge is -2.09. The number of rotatable bonds is 8. The van der Waals surface area contributed by atoms with Crippen LogP contribution in [0.1, 0.15) is 42.1 Å². The van der Waals surface area contributed by atoms with Crippen LogP contribution in [0.25, 0.3) is 11.1 Å². The van der Waals surface area contributed by atoms with Crippen LogP contribution in [0.4, 0.5) is 0 Å². The van der Waals surface area contributed by atoms with Gasteiger partial charge in [-0.15, -0.1) is 0 Å². The molecule has 1 N–H and O–H groups in total. The summed E-state index contributed by atoms with van der Waals surface area (Å²) in [5, 5.41) is 3.63. The van der Waals surface area contributed by atoms with Gasteiger partial charge in [0.25, 0.3) is 11.1 Å². The molecule has 0 unspecified atom stereocenters. The van der Waals surface area contributed by atoms with Crippen molar-refractivity contribution in [2.75, 3.05) is 6.54 Å². The minimum atomic E-state index is -0.00938. The summed E-state index contributed by atoms with van der Waals surface area (Å²) in [7, 11) is 0. The number of fused-ring (bicyclic) bond motifs is 1. The van der Waals surface area contributed by atoms with Crippen LogP contribution in [0.5, 0.6) is 0 Å². The van der Waals surface area contributed by atoms with Gasteiger partial charge in [0, 0.05) is 17.9 Å².